The van der Waals surface area contributed by atoms with Gasteiger partial charge in [0.2, 0.25) is 11.8 Å². The van der Waals surface area contributed by atoms with Crippen molar-refractivity contribution in [1.82, 2.24) is 14.7 Å². The molecule has 0 aliphatic carbocycles. The maximum absolute atomic E-state index is 14.3. The van der Waals surface area contributed by atoms with Crippen LogP contribution in [-0.4, -0.2) is 120 Å². The highest BCUT2D eigenvalue weighted by molar-refractivity contribution is 5.98. The standard InChI is InChI=1S/C27H41N3O7/c1-6-8-29(10-9-28-11-14-35-15-12-28)24(33)22-27-16-18(3)26(5,37-27)21(25(34)36-13-7-2)20(27)23(32)30(22)19(4)17-31/h6-7,18-22,31H,1-2,8-17H2,3-5H3/t18?,19-,20+,21+,22?,26-,27?/m1/s1. The normalized spacial score (nSPS) is 35.8. The molecule has 1 N–H and O–H groups in total. The second-order valence-corrected chi connectivity index (χ2v) is 10.9. The summed E-state index contributed by atoms with van der Waals surface area (Å²) in [5.74, 6) is -2.91. The summed E-state index contributed by atoms with van der Waals surface area (Å²) in [7, 11) is 0. The Morgan fingerprint density at radius 3 is 2.62 bits per heavy atom. The summed E-state index contributed by atoms with van der Waals surface area (Å²) in [6.07, 6.45) is 3.62. The molecule has 4 aliphatic rings. The number of amides is 2. The van der Waals surface area contributed by atoms with E-state index in [-0.39, 0.29) is 30.9 Å². The fraction of sp³-hybridized carbons (Fsp3) is 0.741. The lowest BCUT2D eigenvalue weighted by Gasteiger charge is -2.39. The molecule has 10 heteroatoms. The molecule has 206 valence electrons. The topological polar surface area (TPSA) is 109 Å². The zero-order valence-electron chi connectivity index (χ0n) is 22.3. The number of likely N-dealkylation sites (tertiary alicyclic amines) is 1. The van der Waals surface area contributed by atoms with Crippen molar-refractivity contribution >= 4 is 17.8 Å². The molecule has 0 radical (unpaired) electrons. The minimum atomic E-state index is -1.18. The Morgan fingerprint density at radius 2 is 2.00 bits per heavy atom. The molecule has 37 heavy (non-hydrogen) atoms. The van der Waals surface area contributed by atoms with Crippen molar-refractivity contribution in [3.05, 3.63) is 25.3 Å². The second kappa shape index (κ2) is 10.8. The highest BCUT2D eigenvalue weighted by Gasteiger charge is 2.80. The summed E-state index contributed by atoms with van der Waals surface area (Å²) in [6, 6.07) is -1.58. The van der Waals surface area contributed by atoms with Gasteiger partial charge in [0.05, 0.1) is 37.4 Å². The van der Waals surface area contributed by atoms with Crippen LogP contribution in [0.5, 0.6) is 0 Å². The van der Waals surface area contributed by atoms with Gasteiger partial charge in [-0.25, -0.2) is 0 Å². The molecule has 3 unspecified atom stereocenters. The van der Waals surface area contributed by atoms with Gasteiger partial charge in [0.15, 0.2) is 0 Å². The van der Waals surface area contributed by atoms with Gasteiger partial charge in [0.1, 0.15) is 24.2 Å². The van der Waals surface area contributed by atoms with Crippen LogP contribution in [0.1, 0.15) is 27.2 Å². The predicted octanol–water partition coefficient (Wildman–Crippen LogP) is 0.454. The van der Waals surface area contributed by atoms with Gasteiger partial charge < -0.3 is 29.1 Å². The lowest BCUT2D eigenvalue weighted by molar-refractivity contribution is -0.162. The van der Waals surface area contributed by atoms with Crippen LogP contribution in [0.25, 0.3) is 0 Å². The number of aliphatic hydroxyl groups excluding tert-OH is 1. The largest absolute Gasteiger partial charge is 0.461 e. The van der Waals surface area contributed by atoms with Gasteiger partial charge >= 0.3 is 5.97 Å². The lowest BCUT2D eigenvalue weighted by Crippen LogP contribution is -2.59. The molecule has 0 aromatic heterocycles. The van der Waals surface area contributed by atoms with E-state index in [2.05, 4.69) is 18.1 Å². The van der Waals surface area contributed by atoms with Crippen LogP contribution >= 0.6 is 0 Å². The first-order valence-electron chi connectivity index (χ1n) is 13.3. The Bertz CT molecular complexity index is 922. The molecule has 4 rings (SSSR count). The number of esters is 1. The Kier molecular flexibility index (Phi) is 8.13. The Labute approximate surface area is 219 Å². The number of ether oxygens (including phenoxy) is 3. The SMILES string of the molecule is C=CCOC(=O)[C@@H]1[C@H]2C(=O)N([C@H](C)CO)C(C(=O)N(CC=C)CCN3CCOCC3)C23CC(C)[C@@]1(C)O3. The van der Waals surface area contributed by atoms with Crippen molar-refractivity contribution in [3.63, 3.8) is 0 Å². The van der Waals surface area contributed by atoms with Gasteiger partial charge in [-0.3, -0.25) is 19.3 Å². The molecule has 0 saturated carbocycles. The summed E-state index contributed by atoms with van der Waals surface area (Å²) < 4.78 is 17.5. The number of hydrogen-bond acceptors (Lipinski definition) is 8. The number of nitrogens with zero attached hydrogens (tertiary/aromatic N) is 3. The van der Waals surface area contributed by atoms with Crippen LogP contribution in [0.3, 0.4) is 0 Å². The fourth-order valence-corrected chi connectivity index (χ4v) is 6.81. The summed E-state index contributed by atoms with van der Waals surface area (Å²) >= 11 is 0. The molecular weight excluding hydrogens is 478 g/mol. The molecule has 10 nitrogen and oxygen atoms in total. The number of rotatable bonds is 11. The average Bonchev–Trinajstić information content (AvgIpc) is 3.41. The van der Waals surface area contributed by atoms with Crippen LogP contribution in [0, 0.1) is 17.8 Å². The highest BCUT2D eigenvalue weighted by atomic mass is 16.6. The maximum atomic E-state index is 14.3. The van der Waals surface area contributed by atoms with Gasteiger partial charge in [-0.2, -0.15) is 0 Å². The first-order chi connectivity index (χ1) is 17.7. The van der Waals surface area contributed by atoms with Crippen LogP contribution in [0.2, 0.25) is 0 Å². The first-order valence-corrected chi connectivity index (χ1v) is 13.3. The van der Waals surface area contributed by atoms with Gasteiger partial charge in [-0.1, -0.05) is 25.7 Å². The molecular formula is C27H41N3O7. The second-order valence-electron chi connectivity index (χ2n) is 10.9. The zero-order chi connectivity index (χ0) is 27.0. The first kappa shape index (κ1) is 27.8. The molecule has 7 atom stereocenters. The molecule has 4 fully saturated rings. The van der Waals surface area contributed by atoms with Crippen molar-refractivity contribution in [2.24, 2.45) is 17.8 Å². The molecule has 0 aromatic carbocycles. The molecule has 0 aromatic rings. The minimum Gasteiger partial charge on any atom is -0.461 e. The third-order valence-electron chi connectivity index (χ3n) is 8.77. The zero-order valence-corrected chi connectivity index (χ0v) is 22.3. The van der Waals surface area contributed by atoms with E-state index in [1.54, 1.807) is 17.9 Å². The highest BCUT2D eigenvalue weighted by Crippen LogP contribution is 2.65. The van der Waals surface area contributed by atoms with Crippen LogP contribution in [0.4, 0.5) is 0 Å². The molecule has 4 saturated heterocycles. The van der Waals surface area contributed by atoms with E-state index in [1.807, 2.05) is 13.8 Å². The monoisotopic (exact) mass is 519 g/mol. The average molecular weight is 520 g/mol. The van der Waals surface area contributed by atoms with Crippen molar-refractivity contribution < 1.29 is 33.7 Å². The number of carbonyl (C=O) groups excluding carboxylic acids is 3. The van der Waals surface area contributed by atoms with Gasteiger partial charge in [-0.05, 0) is 26.2 Å². The van der Waals surface area contributed by atoms with E-state index < -0.39 is 41.1 Å². The van der Waals surface area contributed by atoms with E-state index in [9.17, 15) is 19.5 Å². The number of aliphatic hydroxyl groups is 1. The smallest absolute Gasteiger partial charge is 0.313 e. The summed E-state index contributed by atoms with van der Waals surface area (Å²) in [5, 5.41) is 10.1. The van der Waals surface area contributed by atoms with Crippen molar-refractivity contribution in [1.29, 1.82) is 0 Å². The summed E-state index contributed by atoms with van der Waals surface area (Å²) in [4.78, 5) is 47.0. The van der Waals surface area contributed by atoms with Crippen LogP contribution < -0.4 is 0 Å². The van der Waals surface area contributed by atoms with Gasteiger partial charge in [0, 0.05) is 32.7 Å². The van der Waals surface area contributed by atoms with Crippen LogP contribution in [-0.2, 0) is 28.6 Å². The Balaban J connectivity index is 1.69. The Morgan fingerprint density at radius 1 is 1.30 bits per heavy atom. The van der Waals surface area contributed by atoms with Gasteiger partial charge in [0.25, 0.3) is 0 Å². The summed E-state index contributed by atoms with van der Waals surface area (Å²) in [6.45, 7) is 17.1. The van der Waals surface area contributed by atoms with Crippen molar-refractivity contribution in [2.45, 2.75) is 50.5 Å². The van der Waals surface area contributed by atoms with Crippen molar-refractivity contribution in [2.75, 3.05) is 59.2 Å². The maximum Gasteiger partial charge on any atom is 0.313 e. The van der Waals surface area contributed by atoms with E-state index in [0.29, 0.717) is 39.3 Å². The van der Waals surface area contributed by atoms with Crippen LogP contribution in [0.15, 0.2) is 25.3 Å². The van der Waals surface area contributed by atoms with E-state index in [0.717, 1.165) is 13.1 Å². The molecule has 4 heterocycles. The Hall–Kier alpha value is -2.27. The number of hydrogen-bond donors (Lipinski definition) is 1. The third-order valence-corrected chi connectivity index (χ3v) is 8.77. The number of morpholine rings is 1. The molecule has 1 spiro atoms. The van der Waals surface area contributed by atoms with Gasteiger partial charge in [-0.15, -0.1) is 6.58 Å². The van der Waals surface area contributed by atoms with E-state index in [1.165, 1.54) is 11.0 Å². The van der Waals surface area contributed by atoms with E-state index in [4.69, 9.17) is 14.2 Å². The summed E-state index contributed by atoms with van der Waals surface area (Å²) in [5.41, 5.74) is -2.12. The minimum absolute atomic E-state index is 0.0292. The third kappa shape index (κ3) is 4.51. The fourth-order valence-electron chi connectivity index (χ4n) is 6.81. The van der Waals surface area contributed by atoms with E-state index >= 15 is 0 Å². The van der Waals surface area contributed by atoms with Crippen molar-refractivity contribution in [3.8, 4) is 0 Å². The lowest BCUT2D eigenvalue weighted by atomic mass is 9.62. The predicted molar refractivity (Wildman–Crippen MR) is 135 cm³/mol. The molecule has 4 aliphatic heterocycles. The molecule has 2 bridgehead atoms. The number of carbonyl (C=O) groups is 3. The quantitative estimate of drug-likeness (QED) is 0.310. The molecule has 2 amide bonds. The number of fused-ring (bicyclic) bond motifs is 1.